The van der Waals surface area contributed by atoms with Crippen LogP contribution in [0.3, 0.4) is 0 Å². The van der Waals surface area contributed by atoms with Crippen LogP contribution in [0, 0.1) is 19.7 Å². The molecule has 0 radical (unpaired) electrons. The third kappa shape index (κ3) is 6.45. The lowest BCUT2D eigenvalue weighted by Crippen LogP contribution is -2.21. The van der Waals surface area contributed by atoms with E-state index < -0.39 is 22.5 Å². The second-order valence-corrected chi connectivity index (χ2v) is 11.5. The van der Waals surface area contributed by atoms with Crippen molar-refractivity contribution in [3.63, 3.8) is 0 Å². The molecule has 0 amide bonds. The highest BCUT2D eigenvalue weighted by Gasteiger charge is 2.28. The van der Waals surface area contributed by atoms with Gasteiger partial charge >= 0.3 is 6.68 Å². The number of aryl methyl sites for hydroxylation is 3. The molecule has 13 heteroatoms. The number of halogens is 4. The molecule has 1 aromatic carbocycles. The summed E-state index contributed by atoms with van der Waals surface area (Å²) < 4.78 is 80.8. The Morgan fingerprint density at radius 2 is 1.63 bits per heavy atom. The zero-order valence-corrected chi connectivity index (χ0v) is 23.6. The Balaban J connectivity index is 0.000000909. The summed E-state index contributed by atoms with van der Waals surface area (Å²) in [4.78, 5) is 21.4. The Bertz CT molecular complexity index is 1690. The highest BCUT2D eigenvalue weighted by molar-refractivity contribution is 7.90. The summed E-state index contributed by atoms with van der Waals surface area (Å²) in [5.41, 5.74) is 1.21. The third-order valence-corrected chi connectivity index (χ3v) is 8.50. The predicted octanol–water partition coefficient (Wildman–Crippen LogP) is 6.16. The summed E-state index contributed by atoms with van der Waals surface area (Å²) >= 11 is 0. The van der Waals surface area contributed by atoms with Gasteiger partial charge in [0.25, 0.3) is 21.5 Å². The number of rotatable bonds is 6. The number of hydrogen-bond acceptors (Lipinski definition) is 6. The molecular weight excluding hydrogens is 564 g/mol. The van der Waals surface area contributed by atoms with Crippen LogP contribution in [0.25, 0.3) is 22.3 Å². The number of ether oxygens (including phenoxy) is 1. The Kier molecular flexibility index (Phi) is 9.15. The van der Waals surface area contributed by atoms with Crippen LogP contribution in [0.5, 0.6) is 5.88 Å². The number of alkyl halides is 3. The molecular formula is C28H30F4N4O4S. The normalized spacial score (nSPS) is 14.2. The van der Waals surface area contributed by atoms with Crippen molar-refractivity contribution in [1.29, 1.82) is 0 Å². The van der Waals surface area contributed by atoms with Crippen molar-refractivity contribution in [2.24, 2.45) is 0 Å². The number of pyridine rings is 1. The maximum absolute atomic E-state index is 15.9. The van der Waals surface area contributed by atoms with Crippen LogP contribution in [0.1, 0.15) is 50.4 Å². The highest BCUT2D eigenvalue weighted by Crippen LogP contribution is 2.36. The quantitative estimate of drug-likeness (QED) is 0.248. The molecule has 3 aromatic heterocycles. The second kappa shape index (κ2) is 12.4. The van der Waals surface area contributed by atoms with Crippen molar-refractivity contribution in [3.05, 3.63) is 70.2 Å². The van der Waals surface area contributed by atoms with Crippen LogP contribution in [0.4, 0.5) is 17.6 Å². The number of benzene rings is 1. The molecule has 1 aliphatic carbocycles. The van der Waals surface area contributed by atoms with Gasteiger partial charge in [0.15, 0.2) is 0 Å². The van der Waals surface area contributed by atoms with Gasteiger partial charge in [-0.05, 0) is 64.7 Å². The van der Waals surface area contributed by atoms with Gasteiger partial charge in [-0.15, -0.1) is 0 Å². The number of fused-ring (bicyclic) bond motifs is 1. The van der Waals surface area contributed by atoms with Crippen molar-refractivity contribution >= 4 is 21.1 Å². The van der Waals surface area contributed by atoms with Gasteiger partial charge in [0.05, 0.1) is 15.9 Å². The van der Waals surface area contributed by atoms with Gasteiger partial charge in [0, 0.05) is 24.4 Å². The molecule has 5 rings (SSSR count). The average molecular weight is 595 g/mol. The van der Waals surface area contributed by atoms with E-state index in [9.17, 15) is 26.4 Å². The third-order valence-electron chi connectivity index (χ3n) is 6.81. The molecule has 1 fully saturated rings. The van der Waals surface area contributed by atoms with E-state index in [1.54, 1.807) is 26.0 Å². The zero-order valence-electron chi connectivity index (χ0n) is 22.8. The average Bonchev–Trinajstić information content (AvgIpc) is 3.31. The monoisotopic (exact) mass is 594 g/mol. The van der Waals surface area contributed by atoms with Gasteiger partial charge in [0.2, 0.25) is 5.82 Å². The molecule has 1 saturated carbocycles. The molecule has 0 spiro atoms. The predicted molar refractivity (Wildman–Crippen MR) is 146 cm³/mol. The zero-order chi connectivity index (χ0) is 29.9. The van der Waals surface area contributed by atoms with E-state index in [0.29, 0.717) is 0 Å². The van der Waals surface area contributed by atoms with Crippen LogP contribution in [-0.2, 0) is 16.6 Å². The number of nitrogens with zero attached hydrogens (tertiary/aromatic N) is 4. The minimum absolute atomic E-state index is 0.0801. The molecule has 8 nitrogen and oxygen atoms in total. The molecule has 1 aliphatic rings. The van der Waals surface area contributed by atoms with Crippen LogP contribution in [-0.4, -0.2) is 39.7 Å². The van der Waals surface area contributed by atoms with Crippen LogP contribution in [0.15, 0.2) is 52.3 Å². The largest absolute Gasteiger partial charge is 0.472 e. The Morgan fingerprint density at radius 1 is 1.00 bits per heavy atom. The first kappa shape index (κ1) is 30.2. The van der Waals surface area contributed by atoms with Crippen LogP contribution < -0.4 is 10.3 Å². The van der Waals surface area contributed by atoms with Gasteiger partial charge in [-0.3, -0.25) is 4.79 Å². The molecule has 220 valence electrons. The van der Waals surface area contributed by atoms with Crippen molar-refractivity contribution < 1.29 is 30.7 Å². The van der Waals surface area contributed by atoms with Crippen LogP contribution >= 0.6 is 0 Å². The van der Waals surface area contributed by atoms with Gasteiger partial charge in [-0.2, -0.15) is 22.5 Å². The van der Waals surface area contributed by atoms with E-state index in [0.717, 1.165) is 41.6 Å². The molecule has 0 bridgehead atoms. The molecule has 0 unspecified atom stereocenters. The SMILES string of the molecule is CCn1c(=O)ccc2c1c(-c1nc(C)nc(OC3CCCCC3)c1F)cn2S(=O)(=O)c1ccc(C)cc1.FC(F)F. The molecule has 41 heavy (non-hydrogen) atoms. The number of hydrogen-bond donors (Lipinski definition) is 0. The first-order valence-electron chi connectivity index (χ1n) is 13.1. The summed E-state index contributed by atoms with van der Waals surface area (Å²) in [5, 5.41) is 0. The Morgan fingerprint density at radius 3 is 2.24 bits per heavy atom. The van der Waals surface area contributed by atoms with Gasteiger partial charge in [0.1, 0.15) is 17.6 Å². The molecule has 0 N–H and O–H groups in total. The fourth-order valence-corrected chi connectivity index (χ4v) is 6.27. The topological polar surface area (TPSA) is 96.1 Å². The first-order valence-corrected chi connectivity index (χ1v) is 14.6. The van der Waals surface area contributed by atoms with Gasteiger partial charge < -0.3 is 9.30 Å². The first-order chi connectivity index (χ1) is 19.4. The molecule has 4 aromatic rings. The minimum atomic E-state index is -4.06. The summed E-state index contributed by atoms with van der Waals surface area (Å²) in [6, 6.07) is 9.24. The van der Waals surface area contributed by atoms with E-state index >= 15 is 4.39 Å². The molecule has 0 aliphatic heterocycles. The lowest BCUT2D eigenvalue weighted by molar-refractivity contribution is 0.00818. The molecule has 3 heterocycles. The fourth-order valence-electron chi connectivity index (χ4n) is 4.92. The lowest BCUT2D eigenvalue weighted by atomic mass is 9.98. The van der Waals surface area contributed by atoms with E-state index in [2.05, 4.69) is 9.97 Å². The van der Waals surface area contributed by atoms with Crippen LogP contribution in [0.2, 0.25) is 0 Å². The van der Waals surface area contributed by atoms with Crippen molar-refractivity contribution in [2.45, 2.75) is 77.1 Å². The highest BCUT2D eigenvalue weighted by atomic mass is 32.2. The molecule has 0 saturated heterocycles. The minimum Gasteiger partial charge on any atom is -0.472 e. The Labute approximate surface area is 234 Å². The standard InChI is InChI=1S/C27H29FN4O4S.CHF3/c1-4-31-23(33)15-14-22-26(31)21(16-32(22)37(34,35)20-12-10-17(2)11-13-20)25-24(28)27(30-18(3)29-25)36-19-8-6-5-7-9-19;2-1(3)4/h10-16,19H,4-9H2,1-3H3;1H. The smallest absolute Gasteiger partial charge is 0.379 e. The van der Waals surface area contributed by atoms with E-state index in [1.807, 2.05) is 6.92 Å². The lowest BCUT2D eigenvalue weighted by Gasteiger charge is -2.23. The maximum Gasteiger partial charge on any atom is 0.379 e. The summed E-state index contributed by atoms with van der Waals surface area (Å²) in [6.45, 7) is 1.86. The van der Waals surface area contributed by atoms with E-state index in [-0.39, 0.29) is 57.1 Å². The van der Waals surface area contributed by atoms with Crippen molar-refractivity contribution in [1.82, 2.24) is 18.5 Å². The summed E-state index contributed by atoms with van der Waals surface area (Å²) in [5.74, 6) is -0.647. The number of aromatic nitrogens is 4. The van der Waals surface area contributed by atoms with Gasteiger partial charge in [-0.25, -0.2) is 17.4 Å². The summed E-state index contributed by atoms with van der Waals surface area (Å²) in [6.07, 6.45) is 5.98. The summed E-state index contributed by atoms with van der Waals surface area (Å²) in [7, 11) is -4.06. The Hall–Kier alpha value is -3.74. The van der Waals surface area contributed by atoms with Crippen molar-refractivity contribution in [2.75, 3.05) is 0 Å². The van der Waals surface area contributed by atoms with Crippen molar-refractivity contribution in [3.8, 4) is 17.1 Å². The molecule has 0 atom stereocenters. The second-order valence-electron chi connectivity index (χ2n) is 9.67. The van der Waals surface area contributed by atoms with Gasteiger partial charge in [-0.1, -0.05) is 24.1 Å². The van der Waals surface area contributed by atoms with E-state index in [4.69, 9.17) is 4.74 Å². The van der Waals surface area contributed by atoms with E-state index in [1.165, 1.54) is 35.0 Å². The fraction of sp³-hybridized carbons (Fsp3) is 0.393. The maximum atomic E-state index is 15.9.